The molecule has 1 aliphatic heterocycles. The summed E-state index contributed by atoms with van der Waals surface area (Å²) >= 11 is 2.22. The maximum atomic E-state index is 5.84. The number of methoxy groups -OCH3 is 1. The zero-order valence-electron chi connectivity index (χ0n) is 16.2. The summed E-state index contributed by atoms with van der Waals surface area (Å²) in [5, 5.41) is 3.56. The van der Waals surface area contributed by atoms with Crippen molar-refractivity contribution in [3.63, 3.8) is 0 Å². The zero-order chi connectivity index (χ0) is 16.4. The van der Waals surface area contributed by atoms with Crippen LogP contribution in [0.1, 0.15) is 25.7 Å². The molecule has 150 valence electrons. The number of nitrogens with zero attached hydrogens (tertiary/aromatic N) is 3. The summed E-state index contributed by atoms with van der Waals surface area (Å²) < 4.78 is 5.68. The summed E-state index contributed by atoms with van der Waals surface area (Å²) in [6.45, 7) is 7.90. The van der Waals surface area contributed by atoms with Gasteiger partial charge in [0.25, 0.3) is 0 Å². The maximum Gasteiger partial charge on any atom is -1.00 e. The first kappa shape index (κ1) is 31.1. The Morgan fingerprint density at radius 2 is 1.28 bits per heavy atom. The molecule has 0 aromatic heterocycles. The van der Waals surface area contributed by atoms with Crippen LogP contribution in [0.5, 0.6) is 0 Å². The number of hydrogen-bond acceptors (Lipinski definition) is 5. The zero-order valence-corrected chi connectivity index (χ0v) is 20.0. The van der Waals surface area contributed by atoms with Gasteiger partial charge in [0.05, 0.1) is 0 Å². The maximum absolute atomic E-state index is 5.84. The first-order valence-electron chi connectivity index (χ1n) is 8.57. The number of ether oxygens (including phenoxy) is 1. The van der Waals surface area contributed by atoms with Gasteiger partial charge in [0.2, 0.25) is 0 Å². The standard InChI is InChI=1S/C16H35N4O.3ClH.Ti/c1-18-11-5-9-17-10-6-12-19(2)15-8-16(21-4)20(3)14-7-13-18;;;;/h17H,5-15H2,1-4H3;3*1H;/q;;;;+3/p-3. The second-order valence-electron chi connectivity index (χ2n) is 6.58. The predicted molar refractivity (Wildman–Crippen MR) is 88.7 cm³/mol. The second-order valence-corrected chi connectivity index (χ2v) is 7.80. The van der Waals surface area contributed by atoms with Crippen molar-refractivity contribution in [2.24, 2.45) is 0 Å². The largest absolute Gasteiger partial charge is 1.00 e. The molecule has 0 bridgehead atoms. The van der Waals surface area contributed by atoms with Crippen LogP contribution in [0.4, 0.5) is 0 Å². The first-order chi connectivity index (χ1) is 10.5. The molecule has 0 aromatic carbocycles. The molecule has 25 heavy (non-hydrogen) atoms. The second kappa shape index (κ2) is 17.5. The van der Waals surface area contributed by atoms with E-state index in [1.165, 1.54) is 25.8 Å². The van der Waals surface area contributed by atoms with E-state index in [-0.39, 0.29) is 41.3 Å². The van der Waals surface area contributed by atoms with Gasteiger partial charge in [-0.15, -0.1) is 0 Å². The third kappa shape index (κ3) is 13.2. The van der Waals surface area contributed by atoms with E-state index >= 15 is 0 Å². The predicted octanol–water partition coefficient (Wildman–Crippen LogP) is -8.20. The van der Waals surface area contributed by atoms with Crippen molar-refractivity contribution in [1.82, 2.24) is 20.0 Å². The minimum Gasteiger partial charge on any atom is -1.00 e. The Kier molecular flexibility index (Phi) is 21.7. The summed E-state index contributed by atoms with van der Waals surface area (Å²) in [4.78, 5) is 7.24. The minimum atomic E-state index is -0.165. The minimum absolute atomic E-state index is 0. The smallest absolute Gasteiger partial charge is 1.00 e. The van der Waals surface area contributed by atoms with Gasteiger partial charge in [-0.25, -0.2) is 0 Å². The van der Waals surface area contributed by atoms with Crippen molar-refractivity contribution >= 4 is 0 Å². The van der Waals surface area contributed by atoms with Crippen LogP contribution in [0.25, 0.3) is 0 Å². The van der Waals surface area contributed by atoms with Crippen molar-refractivity contribution in [3.8, 4) is 0 Å². The van der Waals surface area contributed by atoms with Crippen LogP contribution >= 0.6 is 0 Å². The van der Waals surface area contributed by atoms with Gasteiger partial charge in [-0.05, 0) is 0 Å². The van der Waals surface area contributed by atoms with Crippen molar-refractivity contribution in [3.05, 3.63) is 0 Å². The average Bonchev–Trinajstić information content (AvgIpc) is 2.50. The molecule has 0 aromatic rings. The Hall–Kier alpha value is 1.38. The molecule has 1 rings (SSSR count). The van der Waals surface area contributed by atoms with Crippen LogP contribution in [0.3, 0.4) is 0 Å². The molecule has 0 radical (unpaired) electrons. The van der Waals surface area contributed by atoms with Crippen LogP contribution in [-0.4, -0.2) is 92.8 Å². The fraction of sp³-hybridized carbons (Fsp3) is 1.00. The van der Waals surface area contributed by atoms with Crippen molar-refractivity contribution < 1.29 is 62.4 Å². The summed E-state index contributed by atoms with van der Waals surface area (Å²) in [5.74, 6) is 0. The Morgan fingerprint density at radius 3 is 1.80 bits per heavy atom. The van der Waals surface area contributed by atoms with E-state index in [0.29, 0.717) is 0 Å². The van der Waals surface area contributed by atoms with Gasteiger partial charge >= 0.3 is 149 Å². The Bertz CT molecular complexity index is 309. The van der Waals surface area contributed by atoms with Crippen molar-refractivity contribution in [2.45, 2.75) is 29.7 Å². The van der Waals surface area contributed by atoms with E-state index in [9.17, 15) is 0 Å². The summed E-state index contributed by atoms with van der Waals surface area (Å²) in [5.41, 5.74) is 0. The molecule has 0 saturated carbocycles. The molecular weight excluding hydrogens is 418 g/mol. The van der Waals surface area contributed by atoms with Gasteiger partial charge < -0.3 is 37.2 Å². The van der Waals surface area contributed by atoms with Gasteiger partial charge in [0.15, 0.2) is 0 Å². The van der Waals surface area contributed by atoms with Gasteiger partial charge in [-0.3, -0.25) is 0 Å². The van der Waals surface area contributed by atoms with Crippen molar-refractivity contribution in [1.29, 1.82) is 0 Å². The Labute approximate surface area is 185 Å². The summed E-state index contributed by atoms with van der Waals surface area (Å²) in [6.07, 6.45) is 4.68. The molecule has 0 spiro atoms. The van der Waals surface area contributed by atoms with E-state index in [1.807, 2.05) is 7.11 Å². The fourth-order valence-corrected chi connectivity index (χ4v) is 3.20. The van der Waals surface area contributed by atoms with Crippen LogP contribution in [-0.2, 0) is 25.2 Å². The molecule has 0 amide bonds. The average molecular weight is 454 g/mol. The SMILES string of the molecule is CO[C]1([Ti+3])CCN(C)CCCNCCCN(C)CCCN1C.[Cl-].[Cl-].[Cl-]. The third-order valence-corrected chi connectivity index (χ3v) is 5.91. The molecule has 1 N–H and O–H groups in total. The molecule has 1 heterocycles. The van der Waals surface area contributed by atoms with E-state index < -0.39 is 0 Å². The molecule has 0 aliphatic carbocycles. The molecule has 1 saturated heterocycles. The molecule has 1 unspecified atom stereocenters. The van der Waals surface area contributed by atoms with E-state index in [0.717, 1.165) is 45.7 Å². The van der Waals surface area contributed by atoms with Gasteiger partial charge in [0.1, 0.15) is 0 Å². The molecule has 9 heteroatoms. The molecule has 1 fully saturated rings. The topological polar surface area (TPSA) is 31.0 Å². The van der Waals surface area contributed by atoms with Crippen LogP contribution in [0.2, 0.25) is 0 Å². The number of rotatable bonds is 1. The van der Waals surface area contributed by atoms with Gasteiger partial charge in [0, 0.05) is 0 Å². The Balaban J connectivity index is -0.00000161. The normalized spacial score (nSPS) is 26.8. The molecule has 1 aliphatic rings. The van der Waals surface area contributed by atoms with E-state index in [2.05, 4.69) is 61.6 Å². The van der Waals surface area contributed by atoms with Crippen molar-refractivity contribution in [2.75, 3.05) is 74.1 Å². The third-order valence-electron chi connectivity index (χ3n) is 4.61. The number of halogens is 3. The van der Waals surface area contributed by atoms with E-state index in [4.69, 9.17) is 4.74 Å². The Morgan fingerprint density at radius 1 is 0.800 bits per heavy atom. The van der Waals surface area contributed by atoms with Gasteiger partial charge in [-0.1, -0.05) is 0 Å². The summed E-state index contributed by atoms with van der Waals surface area (Å²) in [6, 6.07) is 0. The first-order valence-corrected chi connectivity index (χ1v) is 9.35. The quantitative estimate of drug-likeness (QED) is 0.399. The fourth-order valence-electron chi connectivity index (χ4n) is 2.85. The van der Waals surface area contributed by atoms with Gasteiger partial charge in [-0.2, -0.15) is 0 Å². The summed E-state index contributed by atoms with van der Waals surface area (Å²) in [7, 11) is 8.48. The van der Waals surface area contributed by atoms with Crippen LogP contribution in [0.15, 0.2) is 0 Å². The number of nitrogens with one attached hydrogen (secondary N) is 1. The van der Waals surface area contributed by atoms with E-state index in [1.54, 1.807) is 0 Å². The molecule has 5 nitrogen and oxygen atoms in total. The molecule has 1 atom stereocenters. The number of hydrogen-bond donors (Lipinski definition) is 1. The monoisotopic (exact) mass is 452 g/mol. The molecular formula is C16H35Cl3N4OTi. The van der Waals surface area contributed by atoms with Crippen LogP contribution < -0.4 is 42.5 Å². The van der Waals surface area contributed by atoms with Crippen LogP contribution in [0, 0.1) is 0 Å².